The third-order valence-electron chi connectivity index (χ3n) is 5.15. The van der Waals surface area contributed by atoms with Gasteiger partial charge in [0.1, 0.15) is 0 Å². The molecule has 33 heavy (non-hydrogen) atoms. The van der Waals surface area contributed by atoms with Crippen LogP contribution in [-0.4, -0.2) is 0 Å². The molecule has 0 aliphatic carbocycles. The second kappa shape index (κ2) is 15.0. The van der Waals surface area contributed by atoms with E-state index in [-0.39, 0.29) is 38.1 Å². The third-order valence-corrected chi connectivity index (χ3v) is 5.15. The van der Waals surface area contributed by atoms with Gasteiger partial charge in [-0.25, -0.2) is 17.5 Å². The van der Waals surface area contributed by atoms with Crippen LogP contribution in [0.25, 0.3) is 29.0 Å². The van der Waals surface area contributed by atoms with Gasteiger partial charge in [-0.3, -0.25) is 5.56 Å². The molecule has 0 saturated heterocycles. The quantitative estimate of drug-likeness (QED) is 0.316. The minimum Gasteiger partial charge on any atom is -0.261 e. The molecule has 3 rings (SSSR count). The molecule has 0 unspecified atom stereocenters. The van der Waals surface area contributed by atoms with Crippen molar-refractivity contribution in [3.63, 3.8) is 0 Å². The number of allylic oxidation sites excluding steroid dienone is 1. The van der Waals surface area contributed by atoms with Crippen molar-refractivity contribution in [2.24, 2.45) is 0 Å². The second-order valence-electron chi connectivity index (χ2n) is 8.21. The maximum atomic E-state index is 3.91. The van der Waals surface area contributed by atoms with E-state index in [1.165, 1.54) is 16.3 Å². The maximum absolute atomic E-state index is 3.91. The largest absolute Gasteiger partial charge is 0.261 e. The summed E-state index contributed by atoms with van der Waals surface area (Å²) in [5.41, 5.74) is 5.09. The standard InChI is InChI=1S/C19H16.C11H16.C2H6.Y/c1-5-11-17-14(6-2)15(7-3)18-12-9-10-13-19(18)16(17)8-4;1-9-7-5-6-8-10(9)11(2,3)4;1-2;/h5-6,8-11,13H,1-3H2,4H3;5-8H,1-4H3;1-2H3;/q-2;;;/b16-8+,17-11-;;;. The van der Waals surface area contributed by atoms with Crippen LogP contribution in [0.5, 0.6) is 0 Å². The summed E-state index contributed by atoms with van der Waals surface area (Å²) in [5, 5.41) is 4.45. The van der Waals surface area contributed by atoms with Crippen LogP contribution in [0.15, 0.2) is 68.3 Å². The average molecular weight is 512 g/mol. The topological polar surface area (TPSA) is 0 Å². The third kappa shape index (κ3) is 7.77. The van der Waals surface area contributed by atoms with Crippen LogP contribution < -0.4 is 10.4 Å². The van der Waals surface area contributed by atoms with E-state index in [0.717, 1.165) is 27.1 Å². The molecular weight excluding hydrogens is 473 g/mol. The molecule has 1 heteroatoms. The summed E-state index contributed by atoms with van der Waals surface area (Å²) in [5.74, 6) is 0. The predicted molar refractivity (Wildman–Crippen MR) is 146 cm³/mol. The number of aryl methyl sites for hydroxylation is 1. The average Bonchev–Trinajstić information content (AvgIpc) is 2.79. The van der Waals surface area contributed by atoms with Crippen LogP contribution in [0.2, 0.25) is 0 Å². The molecule has 0 N–H and O–H groups in total. The first-order valence-corrected chi connectivity index (χ1v) is 11.3. The van der Waals surface area contributed by atoms with Crippen LogP contribution in [0, 0.1) is 19.1 Å². The Morgan fingerprint density at radius 2 is 1.61 bits per heavy atom. The van der Waals surface area contributed by atoms with Gasteiger partial charge in [0.15, 0.2) is 0 Å². The first-order chi connectivity index (χ1) is 15.3. The molecule has 0 amide bonds. The van der Waals surface area contributed by atoms with Crippen molar-refractivity contribution in [2.45, 2.75) is 53.9 Å². The summed E-state index contributed by atoms with van der Waals surface area (Å²) in [6.45, 7) is 26.5. The van der Waals surface area contributed by atoms with E-state index in [9.17, 15) is 0 Å². The molecule has 0 aromatic heterocycles. The Kier molecular flexibility index (Phi) is 14.1. The monoisotopic (exact) mass is 511 g/mol. The van der Waals surface area contributed by atoms with Gasteiger partial charge >= 0.3 is 0 Å². The summed E-state index contributed by atoms with van der Waals surface area (Å²) >= 11 is 0. The summed E-state index contributed by atoms with van der Waals surface area (Å²) in [7, 11) is 0. The smallest absolute Gasteiger partial charge is 0 e. The van der Waals surface area contributed by atoms with Crippen molar-refractivity contribution in [2.75, 3.05) is 0 Å². The van der Waals surface area contributed by atoms with E-state index < -0.39 is 0 Å². The van der Waals surface area contributed by atoms with Crippen LogP contribution in [0.4, 0.5) is 0 Å². The van der Waals surface area contributed by atoms with Crippen molar-refractivity contribution in [1.82, 2.24) is 0 Å². The number of benzene rings is 3. The molecule has 1 radical (unpaired) electrons. The van der Waals surface area contributed by atoms with Gasteiger partial charge in [-0.1, -0.05) is 94.1 Å². The predicted octanol–water partition coefficient (Wildman–Crippen LogP) is 7.70. The molecule has 0 nitrogen and oxygen atoms in total. The maximum Gasteiger partial charge on any atom is 0 e. The van der Waals surface area contributed by atoms with E-state index in [1.54, 1.807) is 6.08 Å². The molecule has 0 aliphatic rings. The SMILES string of the molecule is C=[C-]c1c(C=C)c(=C/C=C)/c(=C\C)c2ccc[c-]c12.CC.Cc1ccccc1C(C)(C)C.[Y]. The zero-order valence-corrected chi connectivity index (χ0v) is 24.4. The van der Waals surface area contributed by atoms with E-state index in [2.05, 4.69) is 96.0 Å². The van der Waals surface area contributed by atoms with Crippen LogP contribution >= 0.6 is 0 Å². The van der Waals surface area contributed by atoms with E-state index >= 15 is 0 Å². The molecule has 3 aromatic rings. The normalized spacial score (nSPS) is 11.4. The van der Waals surface area contributed by atoms with Gasteiger partial charge < -0.3 is 0 Å². The van der Waals surface area contributed by atoms with Gasteiger partial charge in [-0.2, -0.15) is 23.6 Å². The molecule has 0 fully saturated rings. The summed E-state index contributed by atoms with van der Waals surface area (Å²) in [4.78, 5) is 0. The molecule has 0 saturated carbocycles. The second-order valence-corrected chi connectivity index (χ2v) is 8.21. The molecule has 0 heterocycles. The van der Waals surface area contributed by atoms with Gasteiger partial charge in [-0.05, 0) is 30.4 Å². The van der Waals surface area contributed by atoms with Crippen molar-refractivity contribution >= 4 is 29.0 Å². The molecule has 0 atom stereocenters. The number of fused-ring (bicyclic) bond motifs is 1. The van der Waals surface area contributed by atoms with E-state index in [1.807, 2.05) is 45.1 Å². The van der Waals surface area contributed by atoms with Crippen molar-refractivity contribution in [3.8, 4) is 0 Å². The molecular formula is C32H38Y-2. The van der Waals surface area contributed by atoms with Crippen molar-refractivity contribution < 1.29 is 32.7 Å². The van der Waals surface area contributed by atoms with Gasteiger partial charge in [0.2, 0.25) is 0 Å². The van der Waals surface area contributed by atoms with Gasteiger partial charge in [0.05, 0.1) is 0 Å². The first-order valence-electron chi connectivity index (χ1n) is 11.3. The fraction of sp³-hybridized carbons (Fsp3) is 0.250. The Morgan fingerprint density at radius 3 is 2.06 bits per heavy atom. The van der Waals surface area contributed by atoms with Gasteiger partial charge in [-0.15, -0.1) is 24.8 Å². The summed E-state index contributed by atoms with van der Waals surface area (Å²) in [6, 6.07) is 17.8. The molecule has 0 spiro atoms. The van der Waals surface area contributed by atoms with Crippen molar-refractivity contribution in [1.29, 1.82) is 0 Å². The Morgan fingerprint density at radius 1 is 0.970 bits per heavy atom. The fourth-order valence-corrected chi connectivity index (χ4v) is 3.85. The number of hydrogen-bond acceptors (Lipinski definition) is 0. The van der Waals surface area contributed by atoms with E-state index in [4.69, 9.17) is 0 Å². The Labute approximate surface area is 227 Å². The van der Waals surface area contributed by atoms with Crippen molar-refractivity contribution in [3.05, 3.63) is 113 Å². The van der Waals surface area contributed by atoms with Gasteiger partial charge in [0, 0.05) is 32.7 Å². The molecule has 3 aromatic carbocycles. The van der Waals surface area contributed by atoms with Crippen LogP contribution in [-0.2, 0) is 38.1 Å². The zero-order valence-electron chi connectivity index (χ0n) is 21.5. The molecule has 171 valence electrons. The number of rotatable bonds is 3. The Hall–Kier alpha value is -2.02. The van der Waals surface area contributed by atoms with Crippen LogP contribution in [0.3, 0.4) is 0 Å². The first kappa shape index (κ1) is 31.0. The summed E-state index contributed by atoms with van der Waals surface area (Å²) in [6.07, 6.45) is 10.8. The van der Waals surface area contributed by atoms with E-state index in [0.29, 0.717) is 0 Å². The van der Waals surface area contributed by atoms with Gasteiger partial charge in [0.25, 0.3) is 0 Å². The minimum atomic E-state index is 0. The molecule has 0 bridgehead atoms. The molecule has 0 aliphatic heterocycles. The van der Waals surface area contributed by atoms with Crippen LogP contribution in [0.1, 0.15) is 63.8 Å². The fourth-order valence-electron chi connectivity index (χ4n) is 3.85. The Balaban J connectivity index is 0.000000627. The Bertz CT molecular complexity index is 1190. The minimum absolute atomic E-state index is 0. The number of hydrogen-bond donors (Lipinski definition) is 0. The zero-order chi connectivity index (χ0) is 24.3. The summed E-state index contributed by atoms with van der Waals surface area (Å²) < 4.78 is 0.